The van der Waals surface area contributed by atoms with Gasteiger partial charge in [0.15, 0.2) is 5.84 Å². The lowest BCUT2D eigenvalue weighted by Gasteiger charge is -2.37. The van der Waals surface area contributed by atoms with Crippen LogP contribution in [0.1, 0.15) is 43.2 Å². The van der Waals surface area contributed by atoms with Crippen LogP contribution in [0.5, 0.6) is 0 Å². The number of nitrogens with zero attached hydrogens (tertiary/aromatic N) is 3. The highest BCUT2D eigenvalue weighted by Crippen LogP contribution is 2.30. The quantitative estimate of drug-likeness (QED) is 0.712. The largest absolute Gasteiger partial charge is 0.355 e. The fourth-order valence-corrected chi connectivity index (χ4v) is 6.61. The smallest absolute Gasteiger partial charge is 0.285 e. The molecule has 2 saturated heterocycles. The van der Waals surface area contributed by atoms with E-state index in [1.165, 1.54) is 18.4 Å². The average molecular weight is 481 g/mol. The van der Waals surface area contributed by atoms with E-state index in [-0.39, 0.29) is 16.7 Å². The molecule has 0 radical (unpaired) electrons. The molecular formula is C26H32N4O3S. The van der Waals surface area contributed by atoms with Crippen LogP contribution < -0.4 is 5.32 Å². The summed E-state index contributed by atoms with van der Waals surface area (Å²) in [5, 5.41) is 3.22. The number of sulfonamides is 1. The second-order valence-electron chi connectivity index (χ2n) is 9.52. The summed E-state index contributed by atoms with van der Waals surface area (Å²) in [6.07, 6.45) is 5.12. The Morgan fingerprint density at radius 2 is 1.76 bits per heavy atom. The maximum Gasteiger partial charge on any atom is 0.285 e. The molecule has 1 amide bonds. The molecule has 5 rings (SSSR count). The number of amides is 1. The minimum atomic E-state index is -3.66. The van der Waals surface area contributed by atoms with E-state index in [0.29, 0.717) is 37.1 Å². The summed E-state index contributed by atoms with van der Waals surface area (Å²) in [5.41, 5.74) is 1.94. The number of likely N-dealkylation sites (tertiary alicyclic amines) is 2. The molecule has 2 aromatic carbocycles. The zero-order valence-corrected chi connectivity index (χ0v) is 20.2. The fraction of sp³-hybridized carbons (Fsp3) is 0.462. The summed E-state index contributed by atoms with van der Waals surface area (Å²) in [4.78, 5) is 17.8. The Balaban J connectivity index is 1.21. The van der Waals surface area contributed by atoms with Gasteiger partial charge < -0.3 is 10.2 Å². The van der Waals surface area contributed by atoms with E-state index in [1.807, 2.05) is 17.0 Å². The van der Waals surface area contributed by atoms with Crippen LogP contribution in [0.25, 0.3) is 0 Å². The summed E-state index contributed by atoms with van der Waals surface area (Å²) < 4.78 is 29.0. The van der Waals surface area contributed by atoms with Crippen LogP contribution in [0.15, 0.2) is 63.9 Å². The normalized spacial score (nSPS) is 24.4. The number of amidine groups is 1. The minimum absolute atomic E-state index is 0.0599. The predicted octanol–water partition coefficient (Wildman–Crippen LogP) is 3.02. The highest BCUT2D eigenvalue weighted by molar-refractivity contribution is 7.90. The van der Waals surface area contributed by atoms with Crippen LogP contribution in [0.2, 0.25) is 0 Å². The number of hydrogen-bond donors (Lipinski definition) is 1. The Morgan fingerprint density at radius 1 is 0.971 bits per heavy atom. The second-order valence-corrected chi connectivity index (χ2v) is 11.1. The number of carbonyl (C=O) groups excluding carboxylic acids is 1. The van der Waals surface area contributed by atoms with Gasteiger partial charge in [-0.3, -0.25) is 9.69 Å². The lowest BCUT2D eigenvalue weighted by Crippen LogP contribution is -2.50. The molecule has 0 saturated carbocycles. The summed E-state index contributed by atoms with van der Waals surface area (Å²) in [5.74, 6) is 0.372. The van der Waals surface area contributed by atoms with Gasteiger partial charge in [-0.1, -0.05) is 48.9 Å². The van der Waals surface area contributed by atoms with Gasteiger partial charge in [-0.15, -0.1) is 4.40 Å². The summed E-state index contributed by atoms with van der Waals surface area (Å²) in [6.45, 7) is 3.82. The zero-order valence-electron chi connectivity index (χ0n) is 19.4. The van der Waals surface area contributed by atoms with Crippen molar-refractivity contribution in [1.82, 2.24) is 15.1 Å². The Morgan fingerprint density at radius 3 is 2.62 bits per heavy atom. The molecule has 3 aliphatic rings. The first-order valence-electron chi connectivity index (χ1n) is 12.3. The lowest BCUT2D eigenvalue weighted by atomic mass is 9.95. The predicted molar refractivity (Wildman–Crippen MR) is 132 cm³/mol. The average Bonchev–Trinajstić information content (AvgIpc) is 3.15. The van der Waals surface area contributed by atoms with Gasteiger partial charge in [0.2, 0.25) is 5.91 Å². The van der Waals surface area contributed by atoms with E-state index < -0.39 is 10.0 Å². The van der Waals surface area contributed by atoms with Crippen LogP contribution in [-0.4, -0.2) is 62.2 Å². The van der Waals surface area contributed by atoms with Crippen LogP contribution in [0, 0.1) is 5.92 Å². The van der Waals surface area contributed by atoms with E-state index >= 15 is 0 Å². The van der Waals surface area contributed by atoms with E-state index in [1.54, 1.807) is 18.2 Å². The summed E-state index contributed by atoms with van der Waals surface area (Å²) in [7, 11) is -3.66. The SMILES string of the molecule is O=C(NCC1CCCCN1Cc1ccccc1)C1CCCN(C2=NS(=O)(=O)c3ccccc32)C1. The van der Waals surface area contributed by atoms with Gasteiger partial charge >= 0.3 is 0 Å². The molecule has 0 spiro atoms. The number of nitrogens with one attached hydrogen (secondary N) is 1. The molecule has 0 bridgehead atoms. The third-order valence-electron chi connectivity index (χ3n) is 7.19. The Hall–Kier alpha value is -2.71. The van der Waals surface area contributed by atoms with E-state index in [9.17, 15) is 13.2 Å². The summed E-state index contributed by atoms with van der Waals surface area (Å²) in [6, 6.07) is 17.8. The topological polar surface area (TPSA) is 82.1 Å². The molecule has 1 N–H and O–H groups in total. The minimum Gasteiger partial charge on any atom is -0.355 e. The van der Waals surface area contributed by atoms with Gasteiger partial charge in [0.05, 0.1) is 5.92 Å². The molecule has 2 atom stereocenters. The molecule has 8 heteroatoms. The molecule has 2 fully saturated rings. The molecular weight excluding hydrogens is 448 g/mol. The van der Waals surface area contributed by atoms with Crippen LogP contribution in [0.4, 0.5) is 0 Å². The number of hydrogen-bond acceptors (Lipinski definition) is 5. The first-order chi connectivity index (χ1) is 16.5. The molecule has 180 valence electrons. The van der Waals surface area contributed by atoms with Gasteiger partial charge in [0.1, 0.15) is 4.90 Å². The maximum atomic E-state index is 13.1. The van der Waals surface area contributed by atoms with Gasteiger partial charge in [-0.05, 0) is 49.9 Å². The molecule has 7 nitrogen and oxygen atoms in total. The molecule has 3 heterocycles. The van der Waals surface area contributed by atoms with Crippen molar-refractivity contribution in [3.8, 4) is 0 Å². The Bertz CT molecular complexity index is 1170. The first kappa shape index (κ1) is 23.1. The van der Waals surface area contributed by atoms with Gasteiger partial charge in [0.25, 0.3) is 10.0 Å². The first-order valence-corrected chi connectivity index (χ1v) is 13.7. The van der Waals surface area contributed by atoms with E-state index in [0.717, 1.165) is 32.4 Å². The second kappa shape index (κ2) is 9.88. The Labute approximate surface area is 201 Å². The zero-order chi connectivity index (χ0) is 23.5. The van der Waals surface area contributed by atoms with Crippen molar-refractivity contribution in [2.45, 2.75) is 49.6 Å². The number of benzene rings is 2. The molecule has 3 aliphatic heterocycles. The fourth-order valence-electron chi connectivity index (χ4n) is 5.38. The molecule has 0 aromatic heterocycles. The number of piperidine rings is 2. The van der Waals surface area contributed by atoms with E-state index in [2.05, 4.69) is 38.9 Å². The van der Waals surface area contributed by atoms with Gasteiger partial charge in [0, 0.05) is 37.8 Å². The van der Waals surface area contributed by atoms with Crippen molar-refractivity contribution in [2.24, 2.45) is 10.3 Å². The highest BCUT2D eigenvalue weighted by Gasteiger charge is 2.35. The molecule has 34 heavy (non-hydrogen) atoms. The van der Waals surface area contributed by atoms with Gasteiger partial charge in [-0.25, -0.2) is 0 Å². The lowest BCUT2D eigenvalue weighted by molar-refractivity contribution is -0.126. The third-order valence-corrected chi connectivity index (χ3v) is 8.52. The molecule has 2 aromatic rings. The number of fused-ring (bicyclic) bond motifs is 1. The van der Waals surface area contributed by atoms with Crippen molar-refractivity contribution < 1.29 is 13.2 Å². The maximum absolute atomic E-state index is 13.1. The number of rotatable bonds is 5. The van der Waals surface area contributed by atoms with Crippen molar-refractivity contribution in [1.29, 1.82) is 0 Å². The third kappa shape index (κ3) is 4.88. The molecule has 2 unspecified atom stereocenters. The standard InChI is InChI=1S/C26H32N4O3S/c31-26(27-17-22-12-6-7-15-29(22)18-20-9-2-1-3-10-20)21-11-8-16-30(19-21)25-23-13-4-5-14-24(23)34(32,33)28-25/h1-5,9-10,13-14,21-22H,6-8,11-12,15-19H2,(H,27,31). The number of carbonyl (C=O) groups is 1. The van der Waals surface area contributed by atoms with Crippen molar-refractivity contribution >= 4 is 21.8 Å². The van der Waals surface area contributed by atoms with Crippen molar-refractivity contribution in [3.63, 3.8) is 0 Å². The van der Waals surface area contributed by atoms with Crippen LogP contribution in [0.3, 0.4) is 0 Å². The Kier molecular flexibility index (Phi) is 6.70. The van der Waals surface area contributed by atoms with Gasteiger partial charge in [-0.2, -0.15) is 8.42 Å². The van der Waals surface area contributed by atoms with Crippen LogP contribution in [-0.2, 0) is 21.4 Å². The highest BCUT2D eigenvalue weighted by atomic mass is 32.2. The van der Waals surface area contributed by atoms with Crippen molar-refractivity contribution in [2.75, 3.05) is 26.2 Å². The van der Waals surface area contributed by atoms with Crippen molar-refractivity contribution in [3.05, 3.63) is 65.7 Å². The monoisotopic (exact) mass is 480 g/mol. The summed E-state index contributed by atoms with van der Waals surface area (Å²) >= 11 is 0. The van der Waals surface area contributed by atoms with Crippen LogP contribution >= 0.6 is 0 Å². The molecule has 0 aliphatic carbocycles. The van der Waals surface area contributed by atoms with E-state index in [4.69, 9.17) is 0 Å².